The first-order chi connectivity index (χ1) is 9.02. The topological polar surface area (TPSA) is 34.1 Å². The van der Waals surface area contributed by atoms with E-state index in [0.29, 0.717) is 31.7 Å². The summed E-state index contributed by atoms with van der Waals surface area (Å²) in [6, 6.07) is 1.77. The van der Waals surface area contributed by atoms with Gasteiger partial charge in [-0.2, -0.15) is 0 Å². The highest BCUT2D eigenvalue weighted by atomic mass is 35.5. The SMILES string of the molecule is C=Cc1c(SC)c(C(=O)Cl)c2ccsc2c1C(=O)Cl. The van der Waals surface area contributed by atoms with Crippen molar-refractivity contribution in [3.63, 3.8) is 0 Å². The van der Waals surface area contributed by atoms with Crippen LogP contribution in [0.15, 0.2) is 22.9 Å². The number of rotatable bonds is 4. The summed E-state index contributed by atoms with van der Waals surface area (Å²) < 4.78 is 0.664. The van der Waals surface area contributed by atoms with Crippen molar-refractivity contribution in [2.24, 2.45) is 0 Å². The first kappa shape index (κ1) is 14.6. The van der Waals surface area contributed by atoms with Gasteiger partial charge in [0.15, 0.2) is 0 Å². The van der Waals surface area contributed by atoms with Gasteiger partial charge >= 0.3 is 0 Å². The van der Waals surface area contributed by atoms with Crippen LogP contribution in [0, 0.1) is 0 Å². The molecule has 1 aromatic carbocycles. The summed E-state index contributed by atoms with van der Waals surface area (Å²) >= 11 is 14.1. The minimum Gasteiger partial charge on any atom is -0.276 e. The van der Waals surface area contributed by atoms with Gasteiger partial charge in [-0.05, 0) is 40.9 Å². The third kappa shape index (κ3) is 2.34. The molecule has 0 aliphatic heterocycles. The quantitative estimate of drug-likeness (QED) is 0.582. The fourth-order valence-electron chi connectivity index (χ4n) is 1.99. The van der Waals surface area contributed by atoms with E-state index in [1.807, 2.05) is 6.26 Å². The van der Waals surface area contributed by atoms with Crippen LogP contribution in [-0.4, -0.2) is 16.7 Å². The van der Waals surface area contributed by atoms with E-state index >= 15 is 0 Å². The zero-order valence-corrected chi connectivity index (χ0v) is 13.0. The van der Waals surface area contributed by atoms with Crippen molar-refractivity contribution >= 4 is 72.9 Å². The van der Waals surface area contributed by atoms with E-state index in [4.69, 9.17) is 23.2 Å². The Morgan fingerprint density at radius 1 is 1.32 bits per heavy atom. The van der Waals surface area contributed by atoms with E-state index in [2.05, 4.69) is 6.58 Å². The van der Waals surface area contributed by atoms with Crippen LogP contribution in [0.1, 0.15) is 26.3 Å². The highest BCUT2D eigenvalue weighted by Gasteiger charge is 2.24. The molecule has 1 heterocycles. The number of benzene rings is 1. The summed E-state index contributed by atoms with van der Waals surface area (Å²) in [6.07, 6.45) is 3.34. The van der Waals surface area contributed by atoms with E-state index in [-0.39, 0.29) is 0 Å². The first-order valence-corrected chi connectivity index (χ1v) is 8.02. The molecule has 1 aromatic heterocycles. The van der Waals surface area contributed by atoms with Gasteiger partial charge in [0, 0.05) is 20.5 Å². The van der Waals surface area contributed by atoms with Crippen LogP contribution in [0.2, 0.25) is 0 Å². The number of carbonyl (C=O) groups excluding carboxylic acids is 2. The van der Waals surface area contributed by atoms with Crippen molar-refractivity contribution in [3.8, 4) is 0 Å². The Labute approximate surface area is 128 Å². The molecule has 0 amide bonds. The normalized spacial score (nSPS) is 10.7. The van der Waals surface area contributed by atoms with Crippen LogP contribution in [0.3, 0.4) is 0 Å². The molecule has 6 heteroatoms. The molecular weight excluding hydrogens is 323 g/mol. The van der Waals surface area contributed by atoms with Gasteiger partial charge in [-0.3, -0.25) is 9.59 Å². The zero-order chi connectivity index (χ0) is 14.2. The first-order valence-electron chi connectivity index (χ1n) is 5.16. The fraction of sp³-hybridized carbons (Fsp3) is 0.0769. The molecule has 0 fully saturated rings. The average molecular weight is 331 g/mol. The lowest BCUT2D eigenvalue weighted by atomic mass is 10.0. The largest absolute Gasteiger partial charge is 0.276 e. The van der Waals surface area contributed by atoms with Crippen LogP contribution >= 0.6 is 46.3 Å². The molecule has 19 heavy (non-hydrogen) atoms. The van der Waals surface area contributed by atoms with Crippen molar-refractivity contribution in [3.05, 3.63) is 34.7 Å². The molecule has 2 rings (SSSR count). The maximum Gasteiger partial charge on any atom is 0.254 e. The Morgan fingerprint density at radius 3 is 2.42 bits per heavy atom. The summed E-state index contributed by atoms with van der Waals surface area (Å²) in [6.45, 7) is 3.70. The average Bonchev–Trinajstić information content (AvgIpc) is 2.82. The summed E-state index contributed by atoms with van der Waals surface area (Å²) in [7, 11) is 0. The molecule has 2 aromatic rings. The summed E-state index contributed by atoms with van der Waals surface area (Å²) in [5.74, 6) is 0. The second kappa shape index (κ2) is 5.67. The summed E-state index contributed by atoms with van der Waals surface area (Å²) in [4.78, 5) is 24.0. The van der Waals surface area contributed by atoms with Gasteiger partial charge in [-0.15, -0.1) is 23.1 Å². The predicted molar refractivity (Wildman–Crippen MR) is 84.1 cm³/mol. The Morgan fingerprint density at radius 2 is 1.95 bits per heavy atom. The maximum atomic E-state index is 11.7. The van der Waals surface area contributed by atoms with E-state index < -0.39 is 10.5 Å². The lowest BCUT2D eigenvalue weighted by Gasteiger charge is -2.13. The standard InChI is InChI=1S/C13H8Cl2O2S2/c1-3-6-8(12(14)16)11-7(4-5-19-11)9(13(15)17)10(6)18-2/h3-5H,1H2,2H3. The number of fused-ring (bicyclic) bond motifs is 1. The van der Waals surface area contributed by atoms with Crippen molar-refractivity contribution in [1.29, 1.82) is 0 Å². The summed E-state index contributed by atoms with van der Waals surface area (Å²) in [5, 5.41) is 1.34. The van der Waals surface area contributed by atoms with E-state index in [9.17, 15) is 9.59 Å². The Hall–Kier alpha value is -0.810. The number of halogens is 2. The highest BCUT2D eigenvalue weighted by molar-refractivity contribution is 7.98. The molecule has 0 bridgehead atoms. The maximum absolute atomic E-state index is 11.7. The van der Waals surface area contributed by atoms with Gasteiger partial charge in [-0.25, -0.2) is 0 Å². The van der Waals surface area contributed by atoms with Crippen LogP contribution < -0.4 is 0 Å². The molecule has 0 unspecified atom stereocenters. The third-order valence-corrected chi connectivity index (χ3v) is 4.85. The zero-order valence-electron chi connectivity index (χ0n) is 9.83. The van der Waals surface area contributed by atoms with Crippen LogP contribution in [0.5, 0.6) is 0 Å². The molecular formula is C13H8Cl2O2S2. The number of thiophene rings is 1. The van der Waals surface area contributed by atoms with Gasteiger partial charge < -0.3 is 0 Å². The van der Waals surface area contributed by atoms with Crippen LogP contribution in [-0.2, 0) is 0 Å². The van der Waals surface area contributed by atoms with Gasteiger partial charge in [0.1, 0.15) is 0 Å². The third-order valence-electron chi connectivity index (χ3n) is 2.70. The lowest BCUT2D eigenvalue weighted by molar-refractivity contribution is 0.107. The molecule has 0 saturated heterocycles. The Balaban J connectivity index is 3.08. The molecule has 0 aliphatic rings. The molecule has 0 saturated carbocycles. The smallest absolute Gasteiger partial charge is 0.254 e. The van der Waals surface area contributed by atoms with Gasteiger partial charge in [0.2, 0.25) is 0 Å². The minimum absolute atomic E-state index is 0.382. The second-order valence-electron chi connectivity index (χ2n) is 3.61. The number of carbonyl (C=O) groups is 2. The van der Waals surface area contributed by atoms with E-state index in [0.717, 1.165) is 0 Å². The molecule has 98 valence electrons. The fourth-order valence-corrected chi connectivity index (χ4v) is 4.26. The number of hydrogen-bond acceptors (Lipinski definition) is 4. The van der Waals surface area contributed by atoms with Crippen molar-refractivity contribution in [1.82, 2.24) is 0 Å². The van der Waals surface area contributed by atoms with Crippen molar-refractivity contribution < 1.29 is 9.59 Å². The van der Waals surface area contributed by atoms with E-state index in [1.54, 1.807) is 11.4 Å². The molecule has 0 atom stereocenters. The second-order valence-corrected chi connectivity index (χ2v) is 6.03. The molecule has 0 radical (unpaired) electrons. The van der Waals surface area contributed by atoms with Crippen molar-refractivity contribution in [2.45, 2.75) is 4.90 Å². The van der Waals surface area contributed by atoms with Gasteiger partial charge in [0.05, 0.1) is 11.1 Å². The molecule has 0 aliphatic carbocycles. The molecule has 0 N–H and O–H groups in total. The van der Waals surface area contributed by atoms with Crippen LogP contribution in [0.4, 0.5) is 0 Å². The van der Waals surface area contributed by atoms with Crippen molar-refractivity contribution in [2.75, 3.05) is 6.26 Å². The Kier molecular flexibility index (Phi) is 4.36. The Bertz CT molecular complexity index is 704. The van der Waals surface area contributed by atoms with E-state index in [1.165, 1.54) is 29.2 Å². The molecule has 0 spiro atoms. The molecule has 2 nitrogen and oxygen atoms in total. The number of thioether (sulfide) groups is 1. The highest BCUT2D eigenvalue weighted by Crippen LogP contribution is 2.40. The lowest BCUT2D eigenvalue weighted by Crippen LogP contribution is -2.02. The minimum atomic E-state index is -0.564. The number of hydrogen-bond donors (Lipinski definition) is 0. The van der Waals surface area contributed by atoms with Gasteiger partial charge in [0.25, 0.3) is 10.5 Å². The summed E-state index contributed by atoms with van der Waals surface area (Å²) in [5.41, 5.74) is 1.35. The van der Waals surface area contributed by atoms with Gasteiger partial charge in [-0.1, -0.05) is 12.7 Å². The monoisotopic (exact) mass is 330 g/mol. The predicted octanol–water partition coefficient (Wildman–Crippen LogP) is 5.02. The van der Waals surface area contributed by atoms with Crippen LogP contribution in [0.25, 0.3) is 16.2 Å².